The second-order valence-electron chi connectivity index (χ2n) is 3.56. The number of hydrogen-bond acceptors (Lipinski definition) is 2. The Bertz CT molecular complexity index is 584. The van der Waals surface area contributed by atoms with Gasteiger partial charge in [-0.3, -0.25) is 4.79 Å². The number of ether oxygens (including phenoxy) is 1. The van der Waals surface area contributed by atoms with E-state index in [2.05, 4.69) is 38.5 Å². The summed E-state index contributed by atoms with van der Waals surface area (Å²) in [6, 6.07) is 12.8. The van der Waals surface area contributed by atoms with Crippen molar-refractivity contribution in [2.24, 2.45) is 5.73 Å². The van der Waals surface area contributed by atoms with Crippen molar-refractivity contribution in [1.29, 1.82) is 0 Å². The molecule has 18 heavy (non-hydrogen) atoms. The van der Waals surface area contributed by atoms with Gasteiger partial charge < -0.3 is 10.5 Å². The van der Waals surface area contributed by atoms with Crippen LogP contribution < -0.4 is 10.5 Å². The van der Waals surface area contributed by atoms with Crippen LogP contribution in [0.5, 0.6) is 11.5 Å². The normalized spacial score (nSPS) is 10.1. The van der Waals surface area contributed by atoms with Crippen LogP contribution in [0.2, 0.25) is 0 Å². The first kappa shape index (κ1) is 13.4. The molecule has 0 bridgehead atoms. The quantitative estimate of drug-likeness (QED) is 0.769. The van der Waals surface area contributed by atoms with Gasteiger partial charge in [-0.25, -0.2) is 0 Å². The van der Waals surface area contributed by atoms with E-state index in [0.717, 1.165) is 9.32 Å². The van der Waals surface area contributed by atoms with Crippen molar-refractivity contribution in [1.82, 2.24) is 0 Å². The van der Waals surface area contributed by atoms with Crippen LogP contribution in [0.4, 0.5) is 0 Å². The molecule has 0 spiro atoms. The van der Waals surface area contributed by atoms with Crippen molar-refractivity contribution < 1.29 is 9.53 Å². The summed E-state index contributed by atoms with van der Waals surface area (Å²) < 4.78 is 7.43. The molecule has 0 aliphatic heterocycles. The summed E-state index contributed by atoms with van der Waals surface area (Å²) in [6.07, 6.45) is 0. The predicted octanol–water partition coefficient (Wildman–Crippen LogP) is 3.94. The first-order chi connectivity index (χ1) is 8.56. The van der Waals surface area contributed by atoms with E-state index in [9.17, 15) is 4.79 Å². The highest BCUT2D eigenvalue weighted by Crippen LogP contribution is 2.27. The third kappa shape index (κ3) is 3.23. The fraction of sp³-hybridized carbons (Fsp3) is 0. The molecule has 2 N–H and O–H groups in total. The van der Waals surface area contributed by atoms with Gasteiger partial charge in [0.15, 0.2) is 0 Å². The molecule has 5 heteroatoms. The maximum Gasteiger partial charge on any atom is 0.249 e. The number of carbonyl (C=O) groups is 1. The molecule has 0 radical (unpaired) electrons. The van der Waals surface area contributed by atoms with Crippen molar-refractivity contribution in [3.05, 3.63) is 56.1 Å². The molecule has 0 unspecified atom stereocenters. The Morgan fingerprint density at radius 3 is 2.28 bits per heavy atom. The van der Waals surface area contributed by atoms with E-state index < -0.39 is 5.91 Å². The summed E-state index contributed by atoms with van der Waals surface area (Å²) in [5.41, 5.74) is 5.66. The van der Waals surface area contributed by atoms with E-state index in [4.69, 9.17) is 10.5 Å². The maximum atomic E-state index is 11.1. The van der Waals surface area contributed by atoms with E-state index >= 15 is 0 Å². The molecule has 0 aliphatic carbocycles. The van der Waals surface area contributed by atoms with Crippen molar-refractivity contribution in [3.8, 4) is 11.5 Å². The van der Waals surface area contributed by atoms with Gasteiger partial charge in [-0.2, -0.15) is 0 Å². The van der Waals surface area contributed by atoms with Crippen LogP contribution >= 0.6 is 38.5 Å². The highest BCUT2D eigenvalue weighted by Gasteiger charge is 2.07. The zero-order chi connectivity index (χ0) is 13.1. The summed E-state index contributed by atoms with van der Waals surface area (Å²) in [5.74, 6) is 0.921. The number of nitrogens with two attached hydrogens (primary N) is 1. The van der Waals surface area contributed by atoms with Crippen LogP contribution in [0.3, 0.4) is 0 Å². The lowest BCUT2D eigenvalue weighted by Gasteiger charge is -2.07. The molecular formula is C13H9BrINO2. The Hall–Kier alpha value is -1.08. The monoisotopic (exact) mass is 417 g/mol. The summed E-state index contributed by atoms with van der Waals surface area (Å²) >= 11 is 5.52. The fourth-order valence-corrected chi connectivity index (χ4v) is 2.31. The van der Waals surface area contributed by atoms with Gasteiger partial charge in [-0.05, 0) is 81.0 Å². The Balaban J connectivity index is 2.22. The second kappa shape index (κ2) is 5.71. The van der Waals surface area contributed by atoms with Crippen LogP contribution in [-0.2, 0) is 0 Å². The highest BCUT2D eigenvalue weighted by atomic mass is 127. The topological polar surface area (TPSA) is 52.3 Å². The summed E-state index contributed by atoms with van der Waals surface area (Å²) in [6.45, 7) is 0. The van der Waals surface area contributed by atoms with E-state index in [0.29, 0.717) is 15.8 Å². The minimum atomic E-state index is -0.470. The molecule has 0 saturated heterocycles. The molecule has 1 amide bonds. The molecule has 2 aromatic carbocycles. The van der Waals surface area contributed by atoms with Crippen LogP contribution in [0.15, 0.2) is 46.9 Å². The smallest absolute Gasteiger partial charge is 0.249 e. The van der Waals surface area contributed by atoms with Gasteiger partial charge in [0.05, 0.1) is 5.56 Å². The summed E-state index contributed by atoms with van der Waals surface area (Å²) in [4.78, 5) is 11.1. The van der Waals surface area contributed by atoms with Crippen molar-refractivity contribution in [2.75, 3.05) is 0 Å². The zero-order valence-electron chi connectivity index (χ0n) is 9.19. The molecule has 92 valence electrons. The number of rotatable bonds is 3. The second-order valence-corrected chi connectivity index (χ2v) is 5.66. The third-order valence-electron chi connectivity index (χ3n) is 2.26. The van der Waals surface area contributed by atoms with E-state index in [-0.39, 0.29) is 0 Å². The predicted molar refractivity (Wildman–Crippen MR) is 81.9 cm³/mol. The summed E-state index contributed by atoms with van der Waals surface area (Å²) in [7, 11) is 0. The van der Waals surface area contributed by atoms with Gasteiger partial charge in [-0.15, -0.1) is 0 Å². The average molecular weight is 418 g/mol. The van der Waals surface area contributed by atoms with Gasteiger partial charge >= 0.3 is 0 Å². The largest absolute Gasteiger partial charge is 0.457 e. The molecule has 0 heterocycles. The standard InChI is InChI=1S/C13H9BrINO2/c14-12-7-10(5-6-11(12)13(16)17)18-9-3-1-8(15)2-4-9/h1-7H,(H2,16,17). The number of halogens is 2. The minimum Gasteiger partial charge on any atom is -0.457 e. The zero-order valence-corrected chi connectivity index (χ0v) is 12.9. The molecule has 0 aliphatic rings. The van der Waals surface area contributed by atoms with E-state index in [1.54, 1.807) is 18.2 Å². The van der Waals surface area contributed by atoms with Gasteiger partial charge in [0.2, 0.25) is 5.91 Å². The minimum absolute atomic E-state index is 0.435. The molecule has 2 rings (SSSR count). The first-order valence-corrected chi connectivity index (χ1v) is 6.96. The molecule has 0 atom stereocenters. The number of carbonyl (C=O) groups excluding carboxylic acids is 1. The lowest BCUT2D eigenvalue weighted by molar-refractivity contribution is 0.0999. The Morgan fingerprint density at radius 1 is 1.11 bits per heavy atom. The van der Waals surface area contributed by atoms with Crippen molar-refractivity contribution in [2.45, 2.75) is 0 Å². The lowest BCUT2D eigenvalue weighted by Crippen LogP contribution is -2.11. The Labute approximate surface area is 127 Å². The lowest BCUT2D eigenvalue weighted by atomic mass is 10.2. The fourth-order valence-electron chi connectivity index (χ4n) is 1.40. The third-order valence-corrected chi connectivity index (χ3v) is 3.63. The molecule has 2 aromatic rings. The van der Waals surface area contributed by atoms with Crippen molar-refractivity contribution in [3.63, 3.8) is 0 Å². The molecule has 3 nitrogen and oxygen atoms in total. The van der Waals surface area contributed by atoms with Crippen LogP contribution in [0.25, 0.3) is 0 Å². The number of primary amides is 1. The number of benzene rings is 2. The highest BCUT2D eigenvalue weighted by molar-refractivity contribution is 14.1. The van der Waals surface area contributed by atoms with Gasteiger partial charge in [0, 0.05) is 8.04 Å². The number of hydrogen-bond donors (Lipinski definition) is 1. The molecule has 0 aromatic heterocycles. The van der Waals surface area contributed by atoms with E-state index in [1.165, 1.54) is 0 Å². The molecular weight excluding hydrogens is 409 g/mol. The van der Waals surface area contributed by atoms with Gasteiger partial charge in [0.1, 0.15) is 11.5 Å². The van der Waals surface area contributed by atoms with Gasteiger partial charge in [0.25, 0.3) is 0 Å². The van der Waals surface area contributed by atoms with Crippen molar-refractivity contribution >= 4 is 44.4 Å². The van der Waals surface area contributed by atoms with Crippen LogP contribution in [0.1, 0.15) is 10.4 Å². The van der Waals surface area contributed by atoms with E-state index in [1.807, 2.05) is 24.3 Å². The average Bonchev–Trinajstić information content (AvgIpc) is 2.32. The van der Waals surface area contributed by atoms with Gasteiger partial charge in [-0.1, -0.05) is 0 Å². The molecule has 0 fully saturated rings. The maximum absolute atomic E-state index is 11.1. The van der Waals surface area contributed by atoms with Crippen LogP contribution in [0, 0.1) is 3.57 Å². The molecule has 0 saturated carbocycles. The number of amides is 1. The summed E-state index contributed by atoms with van der Waals surface area (Å²) in [5, 5.41) is 0. The first-order valence-electron chi connectivity index (χ1n) is 5.09. The van der Waals surface area contributed by atoms with Crippen LogP contribution in [-0.4, -0.2) is 5.91 Å². The Kier molecular flexibility index (Phi) is 4.23. The Morgan fingerprint density at radius 2 is 1.72 bits per heavy atom. The SMILES string of the molecule is NC(=O)c1ccc(Oc2ccc(I)cc2)cc1Br.